The normalized spacial score (nSPS) is 17.9. The Morgan fingerprint density at radius 2 is 1.72 bits per heavy atom. The van der Waals surface area contributed by atoms with Crippen LogP contribution in [0.3, 0.4) is 0 Å². The van der Waals surface area contributed by atoms with Gasteiger partial charge in [0.25, 0.3) is 0 Å². The van der Waals surface area contributed by atoms with Gasteiger partial charge in [-0.15, -0.1) is 0 Å². The van der Waals surface area contributed by atoms with Gasteiger partial charge < -0.3 is 0 Å². The molecule has 0 aliphatic heterocycles. The van der Waals surface area contributed by atoms with Gasteiger partial charge in [0.2, 0.25) is 0 Å². The zero-order chi connectivity index (χ0) is 12.7. The molecule has 0 aromatic heterocycles. The average molecular weight is 244 g/mol. The van der Waals surface area contributed by atoms with E-state index in [9.17, 15) is 13.6 Å². The quantitative estimate of drug-likeness (QED) is 0.747. The Hall–Kier alpha value is -2.03. The van der Waals surface area contributed by atoms with E-state index >= 15 is 0 Å². The Balaban J connectivity index is 2.10. The van der Waals surface area contributed by atoms with Crippen molar-refractivity contribution in [2.75, 3.05) is 0 Å². The minimum atomic E-state index is -0.470. The topological polar surface area (TPSA) is 17.1 Å². The van der Waals surface area contributed by atoms with Crippen molar-refractivity contribution in [1.29, 1.82) is 0 Å². The van der Waals surface area contributed by atoms with E-state index in [0.29, 0.717) is 5.56 Å². The number of rotatable bonds is 1. The maximum absolute atomic E-state index is 13.6. The average Bonchev–Trinajstić information content (AvgIpc) is 2.69. The fourth-order valence-electron chi connectivity index (χ4n) is 2.52. The summed E-state index contributed by atoms with van der Waals surface area (Å²) in [5.41, 5.74) is 1.73. The van der Waals surface area contributed by atoms with Gasteiger partial charge in [0.05, 0.1) is 5.56 Å². The van der Waals surface area contributed by atoms with Crippen LogP contribution >= 0.6 is 0 Å². The second kappa shape index (κ2) is 4.02. The second-order valence-corrected chi connectivity index (χ2v) is 4.44. The van der Waals surface area contributed by atoms with Crippen molar-refractivity contribution in [1.82, 2.24) is 0 Å². The molecule has 1 aliphatic rings. The van der Waals surface area contributed by atoms with Crippen molar-refractivity contribution in [3.8, 4) is 0 Å². The highest BCUT2D eigenvalue weighted by Crippen LogP contribution is 2.38. The van der Waals surface area contributed by atoms with E-state index in [2.05, 4.69) is 0 Å². The van der Waals surface area contributed by atoms with Gasteiger partial charge in [0.15, 0.2) is 5.78 Å². The van der Waals surface area contributed by atoms with Crippen LogP contribution in [0, 0.1) is 11.6 Å². The summed E-state index contributed by atoms with van der Waals surface area (Å²) in [4.78, 5) is 11.8. The zero-order valence-corrected chi connectivity index (χ0v) is 9.49. The molecule has 3 heteroatoms. The van der Waals surface area contributed by atoms with Crippen molar-refractivity contribution >= 4 is 5.78 Å². The molecule has 3 rings (SSSR count). The first-order chi connectivity index (χ1) is 8.66. The molecule has 1 atom stereocenters. The molecule has 18 heavy (non-hydrogen) atoms. The molecule has 0 heterocycles. The highest BCUT2D eigenvalue weighted by molar-refractivity contribution is 6.02. The summed E-state index contributed by atoms with van der Waals surface area (Å²) in [6.45, 7) is 0. The van der Waals surface area contributed by atoms with Crippen LogP contribution in [0.5, 0.6) is 0 Å². The molecular formula is C15H10F2O. The fourth-order valence-corrected chi connectivity index (χ4v) is 2.52. The van der Waals surface area contributed by atoms with Gasteiger partial charge >= 0.3 is 0 Å². The molecule has 0 N–H and O–H groups in total. The summed E-state index contributed by atoms with van der Waals surface area (Å²) >= 11 is 0. The van der Waals surface area contributed by atoms with Crippen LogP contribution in [0.4, 0.5) is 8.78 Å². The molecule has 90 valence electrons. The second-order valence-electron chi connectivity index (χ2n) is 4.44. The summed E-state index contributed by atoms with van der Waals surface area (Å²) in [6, 6.07) is 10.7. The largest absolute Gasteiger partial charge is 0.294 e. The van der Waals surface area contributed by atoms with Crippen molar-refractivity contribution in [3.63, 3.8) is 0 Å². The van der Waals surface area contributed by atoms with Crippen molar-refractivity contribution < 1.29 is 13.6 Å². The Bertz CT molecular complexity index is 617. The third-order valence-corrected chi connectivity index (χ3v) is 3.36. The van der Waals surface area contributed by atoms with Crippen molar-refractivity contribution in [3.05, 3.63) is 70.8 Å². The summed E-state index contributed by atoms with van der Waals surface area (Å²) in [7, 11) is 0. The minimum Gasteiger partial charge on any atom is -0.294 e. The maximum Gasteiger partial charge on any atom is 0.167 e. The Morgan fingerprint density at radius 1 is 1.00 bits per heavy atom. The Morgan fingerprint density at radius 3 is 2.44 bits per heavy atom. The summed E-state index contributed by atoms with van der Waals surface area (Å²) in [6.07, 6.45) is 0.252. The number of benzene rings is 2. The van der Waals surface area contributed by atoms with Crippen molar-refractivity contribution in [2.24, 2.45) is 0 Å². The van der Waals surface area contributed by atoms with E-state index in [4.69, 9.17) is 0 Å². The fraction of sp³-hybridized carbons (Fsp3) is 0.133. The third-order valence-electron chi connectivity index (χ3n) is 3.36. The van der Waals surface area contributed by atoms with Crippen molar-refractivity contribution in [2.45, 2.75) is 12.3 Å². The standard InChI is InChI=1S/C15H10F2O/c16-10-6-4-9(5-7-10)12-8-14(18)15-11(12)2-1-3-13(15)17/h1-7,12H,8H2/t12-/m1/s1. The Labute approximate surface area is 103 Å². The van der Waals surface area contributed by atoms with Crippen LogP contribution < -0.4 is 0 Å². The highest BCUT2D eigenvalue weighted by Gasteiger charge is 2.32. The van der Waals surface area contributed by atoms with E-state index in [-0.39, 0.29) is 29.5 Å². The highest BCUT2D eigenvalue weighted by atomic mass is 19.1. The molecular weight excluding hydrogens is 234 g/mol. The Kier molecular flexibility index (Phi) is 2.47. The number of fused-ring (bicyclic) bond motifs is 1. The van der Waals surface area contributed by atoms with E-state index in [1.807, 2.05) is 0 Å². The SMILES string of the molecule is O=C1C[C@H](c2ccc(F)cc2)c2cccc(F)c21. The summed E-state index contributed by atoms with van der Waals surface area (Å²) in [5.74, 6) is -1.13. The van der Waals surface area contributed by atoms with Crippen LogP contribution in [0.15, 0.2) is 42.5 Å². The lowest BCUT2D eigenvalue weighted by atomic mass is 9.93. The lowest BCUT2D eigenvalue weighted by Gasteiger charge is -2.10. The lowest BCUT2D eigenvalue weighted by molar-refractivity contribution is 0.0988. The van der Waals surface area contributed by atoms with Gasteiger partial charge in [0.1, 0.15) is 11.6 Å². The molecule has 0 saturated carbocycles. The maximum atomic E-state index is 13.6. The monoisotopic (exact) mass is 244 g/mol. The number of carbonyl (C=O) groups is 1. The predicted octanol–water partition coefficient (Wildman–Crippen LogP) is 3.68. The van der Waals surface area contributed by atoms with Crippen LogP contribution in [-0.4, -0.2) is 5.78 Å². The van der Waals surface area contributed by atoms with Gasteiger partial charge in [-0.25, -0.2) is 8.78 Å². The van der Waals surface area contributed by atoms with Gasteiger partial charge in [-0.1, -0.05) is 24.3 Å². The van der Waals surface area contributed by atoms with Crippen LogP contribution in [0.1, 0.15) is 33.8 Å². The van der Waals surface area contributed by atoms with Crippen LogP contribution in [-0.2, 0) is 0 Å². The zero-order valence-electron chi connectivity index (χ0n) is 9.49. The number of hydrogen-bond acceptors (Lipinski definition) is 1. The molecule has 2 aromatic rings. The van der Waals surface area contributed by atoms with E-state index < -0.39 is 5.82 Å². The van der Waals surface area contributed by atoms with Gasteiger partial charge in [-0.05, 0) is 29.3 Å². The number of Topliss-reactive ketones (excluding diaryl/α,β-unsaturated/α-hetero) is 1. The number of hydrogen-bond donors (Lipinski definition) is 0. The smallest absolute Gasteiger partial charge is 0.167 e. The number of halogens is 2. The lowest BCUT2D eigenvalue weighted by Crippen LogP contribution is -1.96. The van der Waals surface area contributed by atoms with Crippen LogP contribution in [0.2, 0.25) is 0 Å². The molecule has 0 unspecified atom stereocenters. The first-order valence-corrected chi connectivity index (χ1v) is 5.74. The molecule has 0 radical (unpaired) electrons. The van der Waals surface area contributed by atoms with Gasteiger partial charge in [0, 0.05) is 12.3 Å². The number of ketones is 1. The summed E-state index contributed by atoms with van der Waals surface area (Å²) < 4.78 is 26.5. The molecule has 2 aromatic carbocycles. The number of carbonyl (C=O) groups excluding carboxylic acids is 1. The molecule has 0 fully saturated rings. The minimum absolute atomic E-state index is 0.163. The van der Waals surface area contributed by atoms with Crippen LogP contribution in [0.25, 0.3) is 0 Å². The van der Waals surface area contributed by atoms with Gasteiger partial charge in [-0.2, -0.15) is 0 Å². The predicted molar refractivity (Wildman–Crippen MR) is 63.6 cm³/mol. The molecule has 1 aliphatic carbocycles. The van der Waals surface area contributed by atoms with E-state index in [1.54, 1.807) is 24.3 Å². The first kappa shape index (κ1) is 11.1. The molecule has 0 amide bonds. The van der Waals surface area contributed by atoms with E-state index in [1.165, 1.54) is 18.2 Å². The molecule has 0 bridgehead atoms. The van der Waals surface area contributed by atoms with E-state index in [0.717, 1.165) is 5.56 Å². The molecule has 0 saturated heterocycles. The van der Waals surface area contributed by atoms with Gasteiger partial charge in [-0.3, -0.25) is 4.79 Å². The third kappa shape index (κ3) is 1.63. The molecule has 0 spiro atoms. The first-order valence-electron chi connectivity index (χ1n) is 5.74. The molecule has 1 nitrogen and oxygen atoms in total. The summed E-state index contributed by atoms with van der Waals surface area (Å²) in [5, 5.41) is 0.